The minimum absolute atomic E-state index is 0.759. The molecule has 6 heteroatoms. The molecule has 0 fully saturated rings. The third-order valence-corrected chi connectivity index (χ3v) is 5.26. The topological polar surface area (TPSA) is 33.7 Å². The van der Waals surface area contributed by atoms with Gasteiger partial charge in [0.15, 0.2) is 16.6 Å². The summed E-state index contributed by atoms with van der Waals surface area (Å²) in [6.45, 7) is 2.48. The van der Waals surface area contributed by atoms with E-state index in [1.165, 1.54) is 16.7 Å². The predicted molar refractivity (Wildman–Crippen MR) is 109 cm³/mol. The first kappa shape index (κ1) is 18.8. The highest BCUT2D eigenvalue weighted by atomic mass is 35.5. The normalized spacial score (nSPS) is 13.1. The smallest absolute Gasteiger partial charge is 0.169 e. The van der Waals surface area contributed by atoms with E-state index in [1.807, 2.05) is 24.3 Å². The van der Waals surface area contributed by atoms with Crippen molar-refractivity contribution in [2.45, 2.75) is 19.4 Å². The average molecular weight is 391 g/mol. The second-order valence-corrected chi connectivity index (χ2v) is 7.08. The Morgan fingerprint density at radius 3 is 2.42 bits per heavy atom. The summed E-state index contributed by atoms with van der Waals surface area (Å²) in [5.74, 6) is 1.54. The molecule has 0 amide bonds. The molecule has 0 unspecified atom stereocenters. The summed E-state index contributed by atoms with van der Waals surface area (Å²) in [6.07, 6.45) is 1.85. The van der Waals surface area contributed by atoms with Crippen molar-refractivity contribution in [3.8, 4) is 11.5 Å². The van der Waals surface area contributed by atoms with Gasteiger partial charge in [0.2, 0.25) is 0 Å². The lowest BCUT2D eigenvalue weighted by Crippen LogP contribution is -2.43. The molecular weight excluding hydrogens is 368 g/mol. The minimum Gasteiger partial charge on any atom is -0.493 e. The summed E-state index contributed by atoms with van der Waals surface area (Å²) in [7, 11) is 3.33. The molecule has 1 aliphatic rings. The molecule has 2 aromatic carbocycles. The van der Waals surface area contributed by atoms with Crippen molar-refractivity contribution >= 4 is 28.9 Å². The van der Waals surface area contributed by atoms with Crippen molar-refractivity contribution in [3.63, 3.8) is 0 Å². The summed E-state index contributed by atoms with van der Waals surface area (Å²) >= 11 is 11.5. The van der Waals surface area contributed by atoms with Gasteiger partial charge in [-0.3, -0.25) is 0 Å². The Balaban J connectivity index is 1.57. The Hall–Kier alpha value is -1.98. The number of fused-ring (bicyclic) bond motifs is 1. The fraction of sp³-hybridized carbons (Fsp3) is 0.350. The molecule has 0 saturated carbocycles. The van der Waals surface area contributed by atoms with E-state index in [1.54, 1.807) is 14.2 Å². The number of ether oxygens (including phenoxy) is 2. The summed E-state index contributed by atoms with van der Waals surface area (Å²) in [5, 5.41) is 4.92. The molecule has 0 saturated heterocycles. The van der Waals surface area contributed by atoms with Crippen LogP contribution in [0.25, 0.3) is 0 Å². The number of hydrogen-bond acceptors (Lipinski definition) is 3. The van der Waals surface area contributed by atoms with Gasteiger partial charge < -0.3 is 19.7 Å². The molecule has 0 aliphatic carbocycles. The van der Waals surface area contributed by atoms with Gasteiger partial charge in [0.1, 0.15) is 0 Å². The maximum absolute atomic E-state index is 5.92. The van der Waals surface area contributed by atoms with Crippen LogP contribution in [0.15, 0.2) is 36.4 Å². The van der Waals surface area contributed by atoms with E-state index < -0.39 is 0 Å². The Morgan fingerprint density at radius 2 is 1.77 bits per heavy atom. The van der Waals surface area contributed by atoms with Crippen LogP contribution < -0.4 is 14.8 Å². The highest BCUT2D eigenvalue weighted by Crippen LogP contribution is 2.33. The molecule has 138 valence electrons. The van der Waals surface area contributed by atoms with E-state index in [0.29, 0.717) is 0 Å². The molecule has 1 N–H and O–H groups in total. The van der Waals surface area contributed by atoms with Crippen LogP contribution in [-0.4, -0.2) is 37.3 Å². The van der Waals surface area contributed by atoms with Crippen LogP contribution in [0.3, 0.4) is 0 Å². The van der Waals surface area contributed by atoms with Crippen molar-refractivity contribution in [2.24, 2.45) is 0 Å². The maximum Gasteiger partial charge on any atom is 0.169 e. The Bertz CT molecular complexity index is 780. The Morgan fingerprint density at radius 1 is 1.12 bits per heavy atom. The summed E-state index contributed by atoms with van der Waals surface area (Å²) in [6, 6.07) is 12.0. The van der Waals surface area contributed by atoms with Gasteiger partial charge in [0.25, 0.3) is 0 Å². The van der Waals surface area contributed by atoms with Crippen molar-refractivity contribution in [2.75, 3.05) is 27.3 Å². The van der Waals surface area contributed by atoms with Gasteiger partial charge in [-0.25, -0.2) is 0 Å². The quantitative estimate of drug-likeness (QED) is 0.784. The fourth-order valence-electron chi connectivity index (χ4n) is 3.13. The number of rotatable bonds is 5. The number of benzene rings is 2. The van der Waals surface area contributed by atoms with Gasteiger partial charge in [0, 0.05) is 24.7 Å². The summed E-state index contributed by atoms with van der Waals surface area (Å²) in [5.41, 5.74) is 3.77. The monoisotopic (exact) mass is 390 g/mol. The van der Waals surface area contributed by atoms with Crippen LogP contribution >= 0.6 is 23.8 Å². The Labute approximate surface area is 165 Å². The van der Waals surface area contributed by atoms with Gasteiger partial charge in [-0.2, -0.15) is 0 Å². The molecule has 3 rings (SSSR count). The number of nitrogens with one attached hydrogen (secondary N) is 1. The first-order chi connectivity index (χ1) is 12.6. The van der Waals surface area contributed by atoms with E-state index >= 15 is 0 Å². The molecule has 0 aromatic heterocycles. The van der Waals surface area contributed by atoms with E-state index in [-0.39, 0.29) is 0 Å². The average Bonchev–Trinajstić information content (AvgIpc) is 2.67. The van der Waals surface area contributed by atoms with Crippen LogP contribution in [0.1, 0.15) is 16.7 Å². The van der Waals surface area contributed by atoms with E-state index in [4.69, 9.17) is 33.3 Å². The second kappa shape index (κ2) is 8.60. The van der Waals surface area contributed by atoms with E-state index in [2.05, 4.69) is 22.3 Å². The van der Waals surface area contributed by atoms with Crippen molar-refractivity contribution < 1.29 is 9.47 Å². The van der Waals surface area contributed by atoms with Crippen molar-refractivity contribution in [1.29, 1.82) is 0 Å². The first-order valence-corrected chi connectivity index (χ1v) is 9.40. The van der Waals surface area contributed by atoms with E-state index in [9.17, 15) is 0 Å². The molecule has 1 heterocycles. The molecular formula is C20H23ClN2O2S. The van der Waals surface area contributed by atoms with Gasteiger partial charge in [0.05, 0.1) is 14.2 Å². The fourth-order valence-corrected chi connectivity index (χ4v) is 3.52. The number of hydrogen-bond donors (Lipinski definition) is 1. The van der Waals surface area contributed by atoms with Crippen molar-refractivity contribution in [3.05, 3.63) is 58.1 Å². The van der Waals surface area contributed by atoms with Crippen molar-refractivity contribution in [1.82, 2.24) is 10.2 Å². The molecule has 0 spiro atoms. The number of nitrogens with zero attached hydrogens (tertiary/aromatic N) is 1. The zero-order valence-electron chi connectivity index (χ0n) is 15.0. The lowest BCUT2D eigenvalue weighted by Gasteiger charge is -2.31. The number of halogens is 1. The molecule has 4 nitrogen and oxygen atoms in total. The SMILES string of the molecule is COc1cc2c(cc1OC)CN(C(=S)NCCc1ccc(Cl)cc1)CC2. The Kier molecular flexibility index (Phi) is 6.22. The van der Waals surface area contributed by atoms with Crippen LogP contribution in [0.5, 0.6) is 11.5 Å². The largest absolute Gasteiger partial charge is 0.493 e. The van der Waals surface area contributed by atoms with Gasteiger partial charge in [-0.1, -0.05) is 23.7 Å². The molecule has 0 radical (unpaired) electrons. The summed E-state index contributed by atoms with van der Waals surface area (Å²) in [4.78, 5) is 2.20. The maximum atomic E-state index is 5.92. The predicted octanol–water partition coefficient (Wildman–Crippen LogP) is 3.83. The van der Waals surface area contributed by atoms with Crippen LogP contribution in [0.4, 0.5) is 0 Å². The lowest BCUT2D eigenvalue weighted by molar-refractivity contribution is 0.347. The number of thiocarbonyl (C=S) groups is 1. The molecule has 2 aromatic rings. The van der Waals surface area contributed by atoms with Gasteiger partial charge >= 0.3 is 0 Å². The molecule has 0 atom stereocenters. The molecule has 26 heavy (non-hydrogen) atoms. The minimum atomic E-state index is 0.759. The van der Waals surface area contributed by atoms with Crippen LogP contribution in [-0.2, 0) is 19.4 Å². The summed E-state index contributed by atoms with van der Waals surface area (Å²) < 4.78 is 10.8. The highest BCUT2D eigenvalue weighted by molar-refractivity contribution is 7.80. The lowest BCUT2D eigenvalue weighted by atomic mass is 9.99. The number of methoxy groups -OCH3 is 2. The van der Waals surface area contributed by atoms with Gasteiger partial charge in [-0.05, 0) is 66.0 Å². The second-order valence-electron chi connectivity index (χ2n) is 6.26. The van der Waals surface area contributed by atoms with Crippen LogP contribution in [0.2, 0.25) is 5.02 Å². The molecule has 0 bridgehead atoms. The third-order valence-electron chi connectivity index (χ3n) is 4.61. The van der Waals surface area contributed by atoms with Crippen LogP contribution in [0, 0.1) is 0 Å². The first-order valence-electron chi connectivity index (χ1n) is 8.61. The van der Waals surface area contributed by atoms with Gasteiger partial charge in [-0.15, -0.1) is 0 Å². The standard InChI is InChI=1S/C20H23ClN2O2S/c1-24-18-11-15-8-10-23(13-16(15)12-19(18)25-2)20(26)22-9-7-14-3-5-17(21)6-4-14/h3-6,11-12H,7-10,13H2,1-2H3,(H,22,26). The zero-order chi connectivity index (χ0) is 18.5. The highest BCUT2D eigenvalue weighted by Gasteiger charge is 2.20. The van der Waals surface area contributed by atoms with E-state index in [0.717, 1.165) is 54.1 Å². The zero-order valence-corrected chi connectivity index (χ0v) is 16.6. The molecule has 1 aliphatic heterocycles. The third kappa shape index (κ3) is 4.40.